The van der Waals surface area contributed by atoms with Gasteiger partial charge in [-0.05, 0) is 35.3 Å². The molecule has 0 bridgehead atoms. The third-order valence-electron chi connectivity index (χ3n) is 3.75. The number of aliphatic hydroxyl groups is 1. The number of benzene rings is 1. The summed E-state index contributed by atoms with van der Waals surface area (Å²) in [6, 6.07) is 8.64. The molecular formula is C16H26O. The van der Waals surface area contributed by atoms with Gasteiger partial charge in [0.2, 0.25) is 0 Å². The summed E-state index contributed by atoms with van der Waals surface area (Å²) in [4.78, 5) is 0. The van der Waals surface area contributed by atoms with Crippen LogP contribution in [0, 0.1) is 11.8 Å². The number of hydrogen-bond donors (Lipinski definition) is 1. The molecule has 0 aliphatic carbocycles. The predicted octanol–water partition coefficient (Wildman–Crippen LogP) is 4.01. The number of aliphatic hydroxyl groups excluding tert-OH is 1. The highest BCUT2D eigenvalue weighted by atomic mass is 16.3. The third-order valence-corrected chi connectivity index (χ3v) is 3.75. The molecule has 1 nitrogen and oxygen atoms in total. The van der Waals surface area contributed by atoms with Crippen molar-refractivity contribution in [3.05, 3.63) is 35.4 Å². The SMILES string of the molecule is CC(C)c1ccc(CC(O)C(C)C(C)C)cc1. The molecule has 1 N–H and O–H groups in total. The molecule has 0 fully saturated rings. The Balaban J connectivity index is 2.63. The van der Waals surface area contributed by atoms with Crippen LogP contribution in [0.1, 0.15) is 51.7 Å². The second-order valence-corrected chi connectivity index (χ2v) is 5.77. The Morgan fingerprint density at radius 2 is 1.47 bits per heavy atom. The average molecular weight is 234 g/mol. The molecule has 0 saturated carbocycles. The van der Waals surface area contributed by atoms with E-state index in [9.17, 15) is 5.11 Å². The van der Waals surface area contributed by atoms with Gasteiger partial charge in [-0.1, -0.05) is 58.9 Å². The Kier molecular flexibility index (Phi) is 5.20. The van der Waals surface area contributed by atoms with Gasteiger partial charge in [-0.25, -0.2) is 0 Å². The fourth-order valence-electron chi connectivity index (χ4n) is 1.91. The number of hydrogen-bond acceptors (Lipinski definition) is 1. The molecule has 1 aromatic rings. The maximum Gasteiger partial charge on any atom is 0.0608 e. The molecule has 0 aliphatic heterocycles. The van der Waals surface area contributed by atoms with Crippen molar-refractivity contribution in [3.63, 3.8) is 0 Å². The molecule has 0 amide bonds. The van der Waals surface area contributed by atoms with Crippen LogP contribution in [0.4, 0.5) is 0 Å². The van der Waals surface area contributed by atoms with Crippen molar-refractivity contribution < 1.29 is 5.11 Å². The molecule has 0 spiro atoms. The van der Waals surface area contributed by atoms with E-state index in [1.54, 1.807) is 0 Å². The van der Waals surface area contributed by atoms with Crippen molar-refractivity contribution in [1.82, 2.24) is 0 Å². The molecule has 0 heterocycles. The van der Waals surface area contributed by atoms with E-state index in [-0.39, 0.29) is 6.10 Å². The first-order valence-electron chi connectivity index (χ1n) is 6.68. The van der Waals surface area contributed by atoms with Crippen molar-refractivity contribution in [2.75, 3.05) is 0 Å². The Hall–Kier alpha value is -0.820. The summed E-state index contributed by atoms with van der Waals surface area (Å²) in [7, 11) is 0. The smallest absolute Gasteiger partial charge is 0.0608 e. The number of rotatable bonds is 5. The molecule has 0 aromatic heterocycles. The lowest BCUT2D eigenvalue weighted by Gasteiger charge is -2.22. The molecule has 2 atom stereocenters. The van der Waals surface area contributed by atoms with E-state index in [1.807, 2.05) is 0 Å². The lowest BCUT2D eigenvalue weighted by Crippen LogP contribution is -2.24. The van der Waals surface area contributed by atoms with Gasteiger partial charge in [0.25, 0.3) is 0 Å². The Labute approximate surface area is 106 Å². The average Bonchev–Trinajstić information content (AvgIpc) is 2.28. The second-order valence-electron chi connectivity index (χ2n) is 5.77. The zero-order valence-corrected chi connectivity index (χ0v) is 11.8. The highest BCUT2D eigenvalue weighted by Crippen LogP contribution is 2.20. The highest BCUT2D eigenvalue weighted by molar-refractivity contribution is 5.25. The molecule has 1 aromatic carbocycles. The van der Waals surface area contributed by atoms with Gasteiger partial charge in [-0.3, -0.25) is 0 Å². The Morgan fingerprint density at radius 1 is 0.941 bits per heavy atom. The van der Waals surface area contributed by atoms with Crippen LogP contribution < -0.4 is 0 Å². The van der Waals surface area contributed by atoms with Gasteiger partial charge in [-0.15, -0.1) is 0 Å². The van der Waals surface area contributed by atoms with Crippen molar-refractivity contribution in [3.8, 4) is 0 Å². The molecule has 0 aliphatic rings. The van der Waals surface area contributed by atoms with Crippen LogP contribution in [0.2, 0.25) is 0 Å². The Morgan fingerprint density at radius 3 is 1.88 bits per heavy atom. The van der Waals surface area contributed by atoms with Crippen molar-refractivity contribution in [1.29, 1.82) is 0 Å². The van der Waals surface area contributed by atoms with Crippen LogP contribution in [0.25, 0.3) is 0 Å². The Bertz CT molecular complexity index is 324. The fourth-order valence-corrected chi connectivity index (χ4v) is 1.91. The van der Waals surface area contributed by atoms with Gasteiger partial charge < -0.3 is 5.11 Å². The zero-order valence-electron chi connectivity index (χ0n) is 11.8. The molecule has 1 heteroatoms. The van der Waals surface area contributed by atoms with Gasteiger partial charge in [0.1, 0.15) is 0 Å². The van der Waals surface area contributed by atoms with E-state index in [0.29, 0.717) is 17.8 Å². The van der Waals surface area contributed by atoms with Crippen molar-refractivity contribution in [2.24, 2.45) is 11.8 Å². The summed E-state index contributed by atoms with van der Waals surface area (Å²) in [5, 5.41) is 10.1. The van der Waals surface area contributed by atoms with Crippen LogP contribution in [0.5, 0.6) is 0 Å². The van der Waals surface area contributed by atoms with Gasteiger partial charge in [0.15, 0.2) is 0 Å². The van der Waals surface area contributed by atoms with E-state index < -0.39 is 0 Å². The van der Waals surface area contributed by atoms with Crippen molar-refractivity contribution >= 4 is 0 Å². The molecular weight excluding hydrogens is 208 g/mol. The maximum absolute atomic E-state index is 10.1. The van der Waals surface area contributed by atoms with Gasteiger partial charge in [0, 0.05) is 0 Å². The molecule has 17 heavy (non-hydrogen) atoms. The fraction of sp³-hybridized carbons (Fsp3) is 0.625. The predicted molar refractivity (Wildman–Crippen MR) is 74.2 cm³/mol. The van der Waals surface area contributed by atoms with E-state index in [2.05, 4.69) is 58.9 Å². The minimum atomic E-state index is -0.236. The zero-order chi connectivity index (χ0) is 13.0. The first-order chi connectivity index (χ1) is 7.91. The first-order valence-corrected chi connectivity index (χ1v) is 6.68. The monoisotopic (exact) mass is 234 g/mol. The molecule has 96 valence electrons. The summed E-state index contributed by atoms with van der Waals surface area (Å²) < 4.78 is 0. The first kappa shape index (κ1) is 14.2. The standard InChI is InChI=1S/C16H26O/c1-11(2)13(5)16(17)10-14-6-8-15(9-7-14)12(3)4/h6-9,11-13,16-17H,10H2,1-5H3. The maximum atomic E-state index is 10.1. The van der Waals surface area contributed by atoms with Crippen LogP contribution in [0.15, 0.2) is 24.3 Å². The normalized spacial score (nSPS) is 15.3. The largest absolute Gasteiger partial charge is 0.392 e. The summed E-state index contributed by atoms with van der Waals surface area (Å²) in [6.45, 7) is 10.8. The van der Waals surface area contributed by atoms with Crippen LogP contribution in [-0.4, -0.2) is 11.2 Å². The lowest BCUT2D eigenvalue weighted by molar-refractivity contribution is 0.0921. The highest BCUT2D eigenvalue weighted by Gasteiger charge is 2.17. The van der Waals surface area contributed by atoms with E-state index in [1.165, 1.54) is 11.1 Å². The van der Waals surface area contributed by atoms with E-state index in [0.717, 1.165) is 6.42 Å². The topological polar surface area (TPSA) is 20.2 Å². The van der Waals surface area contributed by atoms with E-state index in [4.69, 9.17) is 0 Å². The molecule has 0 radical (unpaired) electrons. The molecule has 1 rings (SSSR count). The quantitative estimate of drug-likeness (QED) is 0.816. The molecule has 2 unspecified atom stereocenters. The van der Waals surface area contributed by atoms with E-state index >= 15 is 0 Å². The third kappa shape index (κ3) is 4.16. The lowest BCUT2D eigenvalue weighted by atomic mass is 9.88. The van der Waals surface area contributed by atoms with Crippen molar-refractivity contribution in [2.45, 2.75) is 53.1 Å². The summed E-state index contributed by atoms with van der Waals surface area (Å²) in [6.07, 6.45) is 0.525. The summed E-state index contributed by atoms with van der Waals surface area (Å²) in [5.41, 5.74) is 2.59. The van der Waals surface area contributed by atoms with Crippen LogP contribution in [0.3, 0.4) is 0 Å². The summed E-state index contributed by atoms with van der Waals surface area (Å²) in [5.74, 6) is 1.45. The second kappa shape index (κ2) is 6.20. The minimum absolute atomic E-state index is 0.236. The van der Waals surface area contributed by atoms with Crippen LogP contribution in [-0.2, 0) is 6.42 Å². The van der Waals surface area contributed by atoms with Gasteiger partial charge >= 0.3 is 0 Å². The summed E-state index contributed by atoms with van der Waals surface area (Å²) >= 11 is 0. The van der Waals surface area contributed by atoms with Gasteiger partial charge in [-0.2, -0.15) is 0 Å². The van der Waals surface area contributed by atoms with Gasteiger partial charge in [0.05, 0.1) is 6.10 Å². The minimum Gasteiger partial charge on any atom is -0.392 e. The molecule has 0 saturated heterocycles. The van der Waals surface area contributed by atoms with Crippen LogP contribution >= 0.6 is 0 Å².